The number of nitrogens with one attached hydrogen (secondary N) is 2. The van der Waals surface area contributed by atoms with Crippen LogP contribution in [0.3, 0.4) is 0 Å². The predicted molar refractivity (Wildman–Crippen MR) is 87.7 cm³/mol. The molecule has 3 N–H and O–H groups in total. The predicted octanol–water partition coefficient (Wildman–Crippen LogP) is 2.42. The van der Waals surface area contributed by atoms with Crippen molar-refractivity contribution >= 4 is 17.5 Å². The van der Waals surface area contributed by atoms with Gasteiger partial charge in [-0.2, -0.15) is 0 Å². The number of carbonyl (C=O) groups is 2. The number of aliphatic hydroxyl groups is 1. The lowest BCUT2D eigenvalue weighted by Crippen LogP contribution is -2.43. The van der Waals surface area contributed by atoms with Gasteiger partial charge in [-0.3, -0.25) is 9.59 Å². The maximum atomic E-state index is 12.1. The van der Waals surface area contributed by atoms with Gasteiger partial charge in [0.15, 0.2) is 0 Å². The standard InChI is InChI=1S/C17H26N2O3/c1-11(2)15(21)17(4,5)10-18-16(22)13-6-8-14(9-7-13)19-12(3)20/h6-9,11,15,21H,10H2,1-5H3,(H,18,22)(H,19,20). The zero-order valence-electron chi connectivity index (χ0n) is 13.9. The number of rotatable bonds is 6. The van der Waals surface area contributed by atoms with E-state index >= 15 is 0 Å². The van der Waals surface area contributed by atoms with Crippen molar-refractivity contribution in [3.8, 4) is 0 Å². The Balaban J connectivity index is 2.64. The number of hydrogen-bond acceptors (Lipinski definition) is 3. The third-order valence-electron chi connectivity index (χ3n) is 3.60. The number of amides is 2. The molecule has 0 saturated heterocycles. The highest BCUT2D eigenvalue weighted by Crippen LogP contribution is 2.25. The molecule has 22 heavy (non-hydrogen) atoms. The van der Waals surface area contributed by atoms with E-state index in [1.807, 2.05) is 27.7 Å². The zero-order chi connectivity index (χ0) is 16.9. The molecule has 0 fully saturated rings. The molecule has 1 aromatic carbocycles. The van der Waals surface area contributed by atoms with Gasteiger partial charge in [0.05, 0.1) is 6.10 Å². The van der Waals surface area contributed by atoms with Crippen molar-refractivity contribution in [2.75, 3.05) is 11.9 Å². The Morgan fingerprint density at radius 1 is 1.18 bits per heavy atom. The molecule has 122 valence electrons. The number of benzene rings is 1. The SMILES string of the molecule is CC(=O)Nc1ccc(C(=O)NCC(C)(C)C(O)C(C)C)cc1. The van der Waals surface area contributed by atoms with Gasteiger partial charge in [0.1, 0.15) is 0 Å². The average Bonchev–Trinajstić information content (AvgIpc) is 2.44. The molecule has 1 aromatic rings. The highest BCUT2D eigenvalue weighted by molar-refractivity contribution is 5.95. The van der Waals surface area contributed by atoms with Crippen LogP contribution in [0.2, 0.25) is 0 Å². The fourth-order valence-corrected chi connectivity index (χ4v) is 2.33. The molecule has 5 nitrogen and oxygen atoms in total. The third-order valence-corrected chi connectivity index (χ3v) is 3.60. The van der Waals surface area contributed by atoms with Gasteiger partial charge >= 0.3 is 0 Å². The van der Waals surface area contributed by atoms with E-state index in [9.17, 15) is 14.7 Å². The Hall–Kier alpha value is -1.88. The monoisotopic (exact) mass is 306 g/mol. The van der Waals surface area contributed by atoms with Crippen molar-refractivity contribution in [3.05, 3.63) is 29.8 Å². The molecule has 0 saturated carbocycles. The van der Waals surface area contributed by atoms with Crippen LogP contribution in [0.1, 0.15) is 45.0 Å². The Labute approximate surface area is 132 Å². The Kier molecular flexibility index (Phi) is 6.11. The van der Waals surface area contributed by atoms with Crippen LogP contribution in [0.5, 0.6) is 0 Å². The van der Waals surface area contributed by atoms with Crippen LogP contribution in [-0.2, 0) is 4.79 Å². The summed E-state index contributed by atoms with van der Waals surface area (Å²) in [4.78, 5) is 23.1. The molecule has 0 aromatic heterocycles. The fourth-order valence-electron chi connectivity index (χ4n) is 2.33. The first-order valence-electron chi connectivity index (χ1n) is 7.47. The van der Waals surface area contributed by atoms with E-state index in [2.05, 4.69) is 10.6 Å². The smallest absolute Gasteiger partial charge is 0.251 e. The van der Waals surface area contributed by atoms with E-state index < -0.39 is 11.5 Å². The van der Waals surface area contributed by atoms with Crippen LogP contribution < -0.4 is 10.6 Å². The summed E-state index contributed by atoms with van der Waals surface area (Å²) in [5, 5.41) is 15.7. The second kappa shape index (κ2) is 7.40. The van der Waals surface area contributed by atoms with Crippen molar-refractivity contribution in [3.63, 3.8) is 0 Å². The van der Waals surface area contributed by atoms with Gasteiger partial charge < -0.3 is 15.7 Å². The van der Waals surface area contributed by atoms with Crippen molar-refractivity contribution in [2.24, 2.45) is 11.3 Å². The first kappa shape index (κ1) is 18.2. The van der Waals surface area contributed by atoms with Gasteiger partial charge in [0.2, 0.25) is 5.91 Å². The summed E-state index contributed by atoms with van der Waals surface area (Å²) >= 11 is 0. The summed E-state index contributed by atoms with van der Waals surface area (Å²) in [5.41, 5.74) is 0.767. The van der Waals surface area contributed by atoms with E-state index in [4.69, 9.17) is 0 Å². The molecule has 1 rings (SSSR count). The number of aliphatic hydroxyl groups excluding tert-OH is 1. The fraction of sp³-hybridized carbons (Fsp3) is 0.529. The molecule has 0 aliphatic carbocycles. The molecule has 0 bridgehead atoms. The summed E-state index contributed by atoms with van der Waals surface area (Å²) in [5.74, 6) is -0.219. The lowest BCUT2D eigenvalue weighted by molar-refractivity contribution is -0.114. The maximum absolute atomic E-state index is 12.1. The van der Waals surface area contributed by atoms with Crippen LogP contribution in [0, 0.1) is 11.3 Å². The highest BCUT2D eigenvalue weighted by Gasteiger charge is 2.30. The zero-order valence-corrected chi connectivity index (χ0v) is 13.9. The molecule has 0 aliphatic rings. The van der Waals surface area contributed by atoms with Gasteiger partial charge in [-0.15, -0.1) is 0 Å². The first-order valence-corrected chi connectivity index (χ1v) is 7.47. The van der Waals surface area contributed by atoms with Crippen molar-refractivity contribution < 1.29 is 14.7 Å². The van der Waals surface area contributed by atoms with Gasteiger partial charge in [-0.05, 0) is 30.2 Å². The summed E-state index contributed by atoms with van der Waals surface area (Å²) in [6, 6.07) is 6.69. The van der Waals surface area contributed by atoms with Gasteiger partial charge in [0, 0.05) is 30.1 Å². The summed E-state index contributed by atoms with van der Waals surface area (Å²) in [6.07, 6.45) is -0.491. The number of carbonyl (C=O) groups excluding carboxylic acids is 2. The van der Waals surface area contributed by atoms with E-state index in [-0.39, 0.29) is 17.7 Å². The molecule has 0 heterocycles. The Bertz CT molecular complexity index is 521. The lowest BCUT2D eigenvalue weighted by atomic mass is 9.80. The van der Waals surface area contributed by atoms with Crippen molar-refractivity contribution in [1.82, 2.24) is 5.32 Å². The van der Waals surface area contributed by atoms with Crippen LogP contribution >= 0.6 is 0 Å². The maximum Gasteiger partial charge on any atom is 0.251 e. The minimum Gasteiger partial charge on any atom is -0.392 e. The number of hydrogen-bond donors (Lipinski definition) is 3. The third kappa shape index (κ3) is 5.15. The van der Waals surface area contributed by atoms with Crippen molar-refractivity contribution in [1.29, 1.82) is 0 Å². The highest BCUT2D eigenvalue weighted by atomic mass is 16.3. The summed E-state index contributed by atoms with van der Waals surface area (Å²) < 4.78 is 0. The van der Waals surface area contributed by atoms with Crippen LogP contribution in [0.25, 0.3) is 0 Å². The molecule has 0 spiro atoms. The average molecular weight is 306 g/mol. The molecule has 1 unspecified atom stereocenters. The second-order valence-electron chi connectivity index (χ2n) is 6.62. The van der Waals surface area contributed by atoms with E-state index in [0.29, 0.717) is 17.8 Å². The molecule has 2 amide bonds. The van der Waals surface area contributed by atoms with Crippen LogP contribution in [0.15, 0.2) is 24.3 Å². The molecule has 5 heteroatoms. The first-order chi connectivity index (χ1) is 10.1. The normalized spacial score (nSPS) is 12.9. The Morgan fingerprint density at radius 3 is 2.18 bits per heavy atom. The molecule has 0 aliphatic heterocycles. The molecule has 0 radical (unpaired) electrons. The number of anilines is 1. The second-order valence-corrected chi connectivity index (χ2v) is 6.62. The van der Waals surface area contributed by atoms with Crippen LogP contribution in [0.4, 0.5) is 5.69 Å². The minimum absolute atomic E-state index is 0.129. The molecule has 1 atom stereocenters. The minimum atomic E-state index is -0.491. The van der Waals surface area contributed by atoms with Crippen molar-refractivity contribution in [2.45, 2.75) is 40.7 Å². The lowest BCUT2D eigenvalue weighted by Gasteiger charge is -2.33. The molecular formula is C17H26N2O3. The van der Waals surface area contributed by atoms with E-state index in [0.717, 1.165) is 0 Å². The quantitative estimate of drug-likeness (QED) is 0.755. The topological polar surface area (TPSA) is 78.4 Å². The van der Waals surface area contributed by atoms with Crippen LogP contribution in [-0.4, -0.2) is 29.6 Å². The Morgan fingerprint density at radius 2 is 1.73 bits per heavy atom. The summed E-state index contributed by atoms with van der Waals surface area (Å²) in [7, 11) is 0. The van der Waals surface area contributed by atoms with Gasteiger partial charge in [-0.25, -0.2) is 0 Å². The van der Waals surface area contributed by atoms with E-state index in [1.54, 1.807) is 24.3 Å². The molecular weight excluding hydrogens is 280 g/mol. The summed E-state index contributed by atoms with van der Waals surface area (Å²) in [6.45, 7) is 9.58. The van der Waals surface area contributed by atoms with Gasteiger partial charge in [-0.1, -0.05) is 27.7 Å². The largest absolute Gasteiger partial charge is 0.392 e. The van der Waals surface area contributed by atoms with Gasteiger partial charge in [0.25, 0.3) is 5.91 Å². The van der Waals surface area contributed by atoms with E-state index in [1.165, 1.54) is 6.92 Å².